The third-order valence-corrected chi connectivity index (χ3v) is 10.6. The van der Waals surface area contributed by atoms with Gasteiger partial charge in [0.25, 0.3) is 5.56 Å². The number of fused-ring (bicyclic) bond motifs is 3. The van der Waals surface area contributed by atoms with Crippen molar-refractivity contribution in [2.24, 2.45) is 0 Å². The first-order valence-corrected chi connectivity index (χ1v) is 19.4. The van der Waals surface area contributed by atoms with Crippen molar-refractivity contribution in [1.82, 2.24) is 14.9 Å². The van der Waals surface area contributed by atoms with Gasteiger partial charge in [0, 0.05) is 18.7 Å². The van der Waals surface area contributed by atoms with E-state index in [1.54, 1.807) is 0 Å². The highest BCUT2D eigenvalue weighted by molar-refractivity contribution is 7.87. The second-order valence-corrected chi connectivity index (χ2v) is 18.1. The van der Waals surface area contributed by atoms with Crippen molar-refractivity contribution in [3.63, 3.8) is 0 Å². The van der Waals surface area contributed by atoms with Crippen LogP contribution < -0.4 is 16.6 Å². The van der Waals surface area contributed by atoms with Gasteiger partial charge in [-0.05, 0) is 48.2 Å². The fraction of sp³-hybridized carbons (Fsp3) is 0.419. The Morgan fingerprint density at radius 2 is 1.67 bits per heavy atom. The van der Waals surface area contributed by atoms with Crippen molar-refractivity contribution >= 4 is 29.5 Å². The summed E-state index contributed by atoms with van der Waals surface area (Å²) >= 11 is 0. The van der Waals surface area contributed by atoms with Gasteiger partial charge < -0.3 is 23.9 Å². The van der Waals surface area contributed by atoms with Crippen molar-refractivity contribution in [3.8, 4) is 11.1 Å². The number of aromatic nitrogens is 2. The molecule has 1 aromatic heterocycles. The second kappa shape index (κ2) is 13.7. The van der Waals surface area contributed by atoms with E-state index in [2.05, 4.69) is 20.8 Å². The fourth-order valence-corrected chi connectivity index (χ4v) is 7.41. The molecule has 0 radical (unpaired) electrons. The molecule has 0 spiro atoms. The molecule has 0 unspecified atom stereocenters. The Balaban J connectivity index is 1.13. The third-order valence-electron chi connectivity index (χ3n) is 8.06. The van der Waals surface area contributed by atoms with E-state index in [0.29, 0.717) is 12.6 Å². The van der Waals surface area contributed by atoms with Crippen molar-refractivity contribution < 1.29 is 37.1 Å². The molecule has 2 heterocycles. The molecule has 1 fully saturated rings. The van der Waals surface area contributed by atoms with E-state index in [4.69, 9.17) is 9.47 Å². The molecule has 1 aliphatic heterocycles. The van der Waals surface area contributed by atoms with Crippen molar-refractivity contribution in [3.05, 3.63) is 92.3 Å². The summed E-state index contributed by atoms with van der Waals surface area (Å²) in [5.41, 5.74) is 2.36. The van der Waals surface area contributed by atoms with Gasteiger partial charge in [-0.25, -0.2) is 9.59 Å². The SMILES string of the molecule is C=P(C)(C)CC[C@H]1O[C@@H](c2cn(CNCCS(=O)(=O)OC(=O)OCC3c4ccccc4-c4ccccc43)c(=O)[nH]c2=O)[C@H](O)[C@@H]1O. The van der Waals surface area contributed by atoms with E-state index >= 15 is 0 Å². The van der Waals surface area contributed by atoms with Gasteiger partial charge in [0.15, 0.2) is 0 Å². The highest BCUT2D eigenvalue weighted by atomic mass is 32.2. The van der Waals surface area contributed by atoms with Crippen molar-refractivity contribution in [2.45, 2.75) is 43.4 Å². The number of rotatable bonds is 12. The number of aromatic amines is 1. The number of aliphatic hydroxyl groups is 2. The first-order valence-electron chi connectivity index (χ1n) is 14.7. The van der Waals surface area contributed by atoms with Crippen LogP contribution in [0.1, 0.15) is 35.1 Å². The Bertz CT molecular complexity index is 1820. The Morgan fingerprint density at radius 3 is 2.30 bits per heavy atom. The summed E-state index contributed by atoms with van der Waals surface area (Å²) in [4.78, 5) is 39.5. The predicted octanol–water partition coefficient (Wildman–Crippen LogP) is 1.64. The van der Waals surface area contributed by atoms with Crippen LogP contribution in [-0.4, -0.2) is 97.3 Å². The molecule has 248 valence electrons. The van der Waals surface area contributed by atoms with Gasteiger partial charge in [-0.3, -0.25) is 19.7 Å². The molecule has 0 amide bonds. The van der Waals surface area contributed by atoms with E-state index in [0.717, 1.165) is 26.8 Å². The first-order chi connectivity index (χ1) is 21.7. The number of carbonyl (C=O) groups excluding carboxylic acids is 1. The number of nitrogens with zero attached hydrogens (tertiary/aromatic N) is 1. The van der Waals surface area contributed by atoms with Crippen molar-refractivity contribution in [1.29, 1.82) is 0 Å². The van der Waals surface area contributed by atoms with Crippen LogP contribution in [0.5, 0.6) is 0 Å². The van der Waals surface area contributed by atoms with Crippen LogP contribution in [0.4, 0.5) is 4.79 Å². The first kappa shape index (κ1) is 33.8. The molecule has 13 nitrogen and oxygen atoms in total. The molecular formula is C31H38N3O10PS. The topological polar surface area (TPSA) is 186 Å². The van der Waals surface area contributed by atoms with E-state index in [1.807, 2.05) is 61.9 Å². The molecule has 15 heteroatoms. The summed E-state index contributed by atoms with van der Waals surface area (Å²) in [6.45, 7) is 2.11. The predicted molar refractivity (Wildman–Crippen MR) is 174 cm³/mol. The van der Waals surface area contributed by atoms with Gasteiger partial charge in [0.1, 0.15) is 24.9 Å². The lowest BCUT2D eigenvalue weighted by Crippen LogP contribution is -2.38. The number of nitrogens with one attached hydrogen (secondary N) is 2. The average Bonchev–Trinajstić information content (AvgIpc) is 3.46. The van der Waals surface area contributed by atoms with E-state index in [9.17, 15) is 33.0 Å². The standard InChI is InChI=1S/C31H38N3O10PS/c1-45(2,3)14-12-25-26(35)27(36)28(43-25)23-16-34(30(38)33-29(23)37)18-32-13-15-46(40,41)44-31(39)42-17-24-21-10-6-4-8-19(21)20-9-5-7-11-22(20)24/h4-11,16,24-28,32,35-36H,1,12-15,17-18H2,2-3H3,(H,33,37,38)/t25-,26-,27-,28+/m1/s1. The minimum atomic E-state index is -4.34. The quantitative estimate of drug-likeness (QED) is 0.0947. The Hall–Kier alpha value is -3.52. The molecule has 0 bridgehead atoms. The summed E-state index contributed by atoms with van der Waals surface area (Å²) in [5, 5.41) is 23.9. The number of hydrogen-bond acceptors (Lipinski definition) is 11. The van der Waals surface area contributed by atoms with Crippen LogP contribution in [-0.2, 0) is 30.4 Å². The maximum absolute atomic E-state index is 12.6. The summed E-state index contributed by atoms with van der Waals surface area (Å²) in [6.07, 6.45) is 0.637. The monoisotopic (exact) mass is 675 g/mol. The van der Waals surface area contributed by atoms with Gasteiger partial charge in [-0.1, -0.05) is 48.5 Å². The number of ether oxygens (including phenoxy) is 2. The summed E-state index contributed by atoms with van der Waals surface area (Å²) in [6, 6.07) is 15.4. The number of carbonyl (C=O) groups is 1. The average molecular weight is 676 g/mol. The van der Waals surface area contributed by atoms with Gasteiger partial charge in [0.2, 0.25) is 0 Å². The summed E-state index contributed by atoms with van der Waals surface area (Å²) in [7, 11) is -4.34. The van der Waals surface area contributed by atoms with Gasteiger partial charge in [0.05, 0.1) is 24.1 Å². The van der Waals surface area contributed by atoms with Crippen LogP contribution in [0.25, 0.3) is 11.1 Å². The van der Waals surface area contributed by atoms with E-state index in [1.165, 1.54) is 6.20 Å². The molecule has 46 heavy (non-hydrogen) atoms. The lowest BCUT2D eigenvalue weighted by Gasteiger charge is -2.18. The third kappa shape index (κ3) is 7.71. The zero-order valence-corrected chi connectivity index (χ0v) is 27.2. The fourth-order valence-electron chi connectivity index (χ4n) is 5.72. The highest BCUT2D eigenvalue weighted by Gasteiger charge is 2.44. The second-order valence-electron chi connectivity index (χ2n) is 12.1. The van der Waals surface area contributed by atoms with Gasteiger partial charge >= 0.3 is 22.0 Å². The minimum Gasteiger partial charge on any atom is -0.432 e. The Morgan fingerprint density at radius 1 is 1.04 bits per heavy atom. The van der Waals surface area contributed by atoms with Crippen LogP contribution in [0.15, 0.2) is 64.3 Å². The summed E-state index contributed by atoms with van der Waals surface area (Å²) < 4.78 is 41.6. The molecule has 4 N–H and O–H groups in total. The van der Waals surface area contributed by atoms with Crippen LogP contribution in [0.3, 0.4) is 0 Å². The largest absolute Gasteiger partial charge is 0.524 e. The zero-order chi connectivity index (χ0) is 33.2. The molecule has 2 aromatic carbocycles. The van der Waals surface area contributed by atoms with E-state index < -0.39 is 64.6 Å². The molecule has 1 aliphatic carbocycles. The number of H-pyrrole nitrogens is 1. The van der Waals surface area contributed by atoms with Gasteiger partial charge in [-0.2, -0.15) is 8.42 Å². The summed E-state index contributed by atoms with van der Waals surface area (Å²) in [5.74, 6) is -0.886. The minimum absolute atomic E-state index is 0.0645. The molecular weight excluding hydrogens is 637 g/mol. The van der Waals surface area contributed by atoms with Crippen LogP contribution >= 0.6 is 6.89 Å². The normalized spacial score (nSPS) is 21.1. The maximum atomic E-state index is 12.6. The zero-order valence-electron chi connectivity index (χ0n) is 25.5. The lowest BCUT2D eigenvalue weighted by molar-refractivity contribution is 0.00492. The molecule has 4 atom stereocenters. The molecule has 3 aromatic rings. The van der Waals surface area contributed by atoms with E-state index in [-0.39, 0.29) is 31.3 Å². The smallest absolute Gasteiger partial charge is 0.432 e. The van der Waals surface area contributed by atoms with Gasteiger partial charge in [-0.15, -0.1) is 13.2 Å². The van der Waals surface area contributed by atoms with Crippen molar-refractivity contribution in [2.75, 3.05) is 38.4 Å². The molecule has 0 saturated carbocycles. The molecule has 5 rings (SSSR count). The Kier molecular flexibility index (Phi) is 10.1. The number of hydrogen-bond donors (Lipinski definition) is 4. The lowest BCUT2D eigenvalue weighted by atomic mass is 9.98. The van der Waals surface area contributed by atoms with Crippen LogP contribution in [0.2, 0.25) is 0 Å². The Labute approximate surface area is 266 Å². The molecule has 1 saturated heterocycles. The number of benzene rings is 2. The number of aliphatic hydroxyl groups excluding tert-OH is 2. The molecule has 2 aliphatic rings. The highest BCUT2D eigenvalue weighted by Crippen LogP contribution is 2.44. The van der Waals surface area contributed by atoms with Crippen LogP contribution in [0, 0.1) is 0 Å². The maximum Gasteiger partial charge on any atom is 0.524 e.